The Hall–Kier alpha value is -3.48. The van der Waals surface area contributed by atoms with E-state index in [1.54, 1.807) is 38.1 Å². The smallest absolute Gasteiger partial charge is 0.227 e. The predicted octanol–water partition coefficient (Wildman–Crippen LogP) is 4.00. The van der Waals surface area contributed by atoms with Crippen LogP contribution < -0.4 is 16.1 Å². The van der Waals surface area contributed by atoms with E-state index < -0.39 is 11.7 Å². The minimum absolute atomic E-state index is 0.00671. The predicted molar refractivity (Wildman–Crippen MR) is 107 cm³/mol. The third kappa shape index (κ3) is 3.40. The Morgan fingerprint density at radius 1 is 1.21 bits per heavy atom. The molecule has 7 heteroatoms. The lowest BCUT2D eigenvalue weighted by Gasteiger charge is -2.26. The van der Waals surface area contributed by atoms with E-state index in [9.17, 15) is 18.8 Å². The minimum atomic E-state index is -0.649. The van der Waals surface area contributed by atoms with Gasteiger partial charge in [0.1, 0.15) is 11.4 Å². The molecule has 0 spiro atoms. The lowest BCUT2D eigenvalue weighted by Crippen LogP contribution is -2.27. The topological polar surface area (TPSA) is 88.4 Å². The van der Waals surface area contributed by atoms with E-state index in [4.69, 9.17) is 4.42 Å². The Morgan fingerprint density at radius 3 is 2.72 bits per heavy atom. The van der Waals surface area contributed by atoms with Gasteiger partial charge in [0.2, 0.25) is 11.8 Å². The zero-order valence-corrected chi connectivity index (χ0v) is 15.9. The summed E-state index contributed by atoms with van der Waals surface area (Å²) in [5, 5.41) is 5.62. The number of rotatable bonds is 3. The Kier molecular flexibility index (Phi) is 4.66. The molecular weight excluding hydrogens is 375 g/mol. The molecule has 2 N–H and O–H groups in total. The number of fused-ring (bicyclic) bond motifs is 2. The van der Waals surface area contributed by atoms with Gasteiger partial charge in [0, 0.05) is 29.5 Å². The number of anilines is 2. The summed E-state index contributed by atoms with van der Waals surface area (Å²) in [5.74, 6) is -2.25. The maximum Gasteiger partial charge on any atom is 0.227 e. The van der Waals surface area contributed by atoms with Crippen LogP contribution in [0.3, 0.4) is 0 Å². The molecule has 0 radical (unpaired) electrons. The van der Waals surface area contributed by atoms with Crippen molar-refractivity contribution in [3.63, 3.8) is 0 Å². The molecule has 0 aliphatic carbocycles. The highest BCUT2D eigenvalue weighted by Crippen LogP contribution is 2.39. The highest BCUT2D eigenvalue weighted by molar-refractivity contribution is 5.98. The van der Waals surface area contributed by atoms with Gasteiger partial charge < -0.3 is 15.1 Å². The van der Waals surface area contributed by atoms with E-state index in [0.717, 1.165) is 0 Å². The van der Waals surface area contributed by atoms with Gasteiger partial charge in [-0.25, -0.2) is 4.39 Å². The molecule has 3 aromatic rings. The first-order valence-electron chi connectivity index (χ1n) is 9.29. The summed E-state index contributed by atoms with van der Waals surface area (Å²) in [7, 11) is 0. The van der Waals surface area contributed by atoms with Crippen LogP contribution in [0.2, 0.25) is 0 Å². The van der Waals surface area contributed by atoms with Crippen LogP contribution in [0.4, 0.5) is 15.8 Å². The third-order valence-corrected chi connectivity index (χ3v) is 5.04. The van der Waals surface area contributed by atoms with Crippen LogP contribution in [-0.4, -0.2) is 11.8 Å². The summed E-state index contributed by atoms with van der Waals surface area (Å²) in [5.41, 5.74) is 1.29. The van der Waals surface area contributed by atoms with Crippen molar-refractivity contribution < 1.29 is 18.4 Å². The van der Waals surface area contributed by atoms with Gasteiger partial charge in [0.05, 0.1) is 17.3 Å². The Labute approximate surface area is 165 Å². The number of hydrogen-bond donors (Lipinski definition) is 2. The van der Waals surface area contributed by atoms with Crippen molar-refractivity contribution in [2.45, 2.75) is 26.2 Å². The second-order valence-corrected chi connectivity index (χ2v) is 7.38. The lowest BCUT2D eigenvalue weighted by molar-refractivity contribution is -0.119. The first-order chi connectivity index (χ1) is 13.8. The van der Waals surface area contributed by atoms with E-state index in [1.165, 1.54) is 18.4 Å². The molecule has 2 heterocycles. The van der Waals surface area contributed by atoms with Crippen LogP contribution in [0.15, 0.2) is 51.9 Å². The Bertz CT molecular complexity index is 1200. The average molecular weight is 394 g/mol. The van der Waals surface area contributed by atoms with Gasteiger partial charge in [-0.15, -0.1) is 0 Å². The largest absolute Gasteiger partial charge is 0.464 e. The normalized spacial score (nSPS) is 15.9. The number of nitrogens with one attached hydrogen (secondary N) is 2. The molecule has 0 saturated heterocycles. The maximum absolute atomic E-state index is 14.7. The van der Waals surface area contributed by atoms with E-state index in [-0.39, 0.29) is 40.8 Å². The summed E-state index contributed by atoms with van der Waals surface area (Å²) in [4.78, 5) is 37.2. The van der Waals surface area contributed by atoms with Crippen molar-refractivity contribution in [2.75, 3.05) is 10.6 Å². The molecule has 2 amide bonds. The molecule has 4 rings (SSSR count). The first kappa shape index (κ1) is 18.9. The fraction of sp³-hybridized carbons (Fsp3) is 0.227. The zero-order chi connectivity index (χ0) is 20.7. The molecule has 148 valence electrons. The maximum atomic E-state index is 14.7. The second-order valence-electron chi connectivity index (χ2n) is 7.38. The van der Waals surface area contributed by atoms with Crippen LogP contribution in [0.25, 0.3) is 11.0 Å². The van der Waals surface area contributed by atoms with Crippen molar-refractivity contribution in [3.05, 3.63) is 69.8 Å². The van der Waals surface area contributed by atoms with Crippen LogP contribution in [0.5, 0.6) is 0 Å². The minimum Gasteiger partial charge on any atom is -0.464 e. The van der Waals surface area contributed by atoms with Crippen molar-refractivity contribution in [3.8, 4) is 0 Å². The van der Waals surface area contributed by atoms with Crippen LogP contribution >= 0.6 is 0 Å². The number of amides is 2. The molecule has 29 heavy (non-hydrogen) atoms. The van der Waals surface area contributed by atoms with E-state index in [0.29, 0.717) is 22.2 Å². The Balaban J connectivity index is 1.82. The standard InChI is InChI=1S/C22H19FN2O4/c1-11(2)22(28)25-18-9-17-14(7-16(18)23)13(8-20(26)24-17)15-10-29-19-6-4-3-5-12(19)21(15)27/h3-7,9-11,13H,8H2,1-2H3,(H,24,26)(H,25,28)/t13-/m1/s1. The Morgan fingerprint density at radius 2 is 1.97 bits per heavy atom. The fourth-order valence-corrected chi connectivity index (χ4v) is 3.47. The van der Waals surface area contributed by atoms with Crippen molar-refractivity contribution in [1.29, 1.82) is 0 Å². The van der Waals surface area contributed by atoms with E-state index in [2.05, 4.69) is 10.6 Å². The van der Waals surface area contributed by atoms with Crippen molar-refractivity contribution in [1.82, 2.24) is 0 Å². The van der Waals surface area contributed by atoms with E-state index >= 15 is 0 Å². The zero-order valence-electron chi connectivity index (χ0n) is 15.9. The SMILES string of the molecule is CC(C)C(=O)Nc1cc2c(cc1F)[C@H](c1coc3ccccc3c1=O)CC(=O)N2. The monoisotopic (exact) mass is 394 g/mol. The summed E-state index contributed by atoms with van der Waals surface area (Å²) in [6, 6.07) is 9.47. The van der Waals surface area contributed by atoms with Gasteiger partial charge >= 0.3 is 0 Å². The molecule has 2 aromatic carbocycles. The highest BCUT2D eigenvalue weighted by atomic mass is 19.1. The van der Waals surface area contributed by atoms with Gasteiger partial charge in [-0.2, -0.15) is 0 Å². The second kappa shape index (κ2) is 7.16. The molecule has 0 unspecified atom stereocenters. The number of hydrogen-bond acceptors (Lipinski definition) is 4. The van der Waals surface area contributed by atoms with Gasteiger partial charge in [0.25, 0.3) is 0 Å². The highest BCUT2D eigenvalue weighted by Gasteiger charge is 2.31. The number of carbonyl (C=O) groups is 2. The molecule has 1 aliphatic heterocycles. The van der Waals surface area contributed by atoms with Crippen LogP contribution in [0, 0.1) is 11.7 Å². The molecule has 0 bridgehead atoms. The fourth-order valence-electron chi connectivity index (χ4n) is 3.47. The van der Waals surface area contributed by atoms with Gasteiger partial charge in [0.15, 0.2) is 5.43 Å². The molecular formula is C22H19FN2O4. The van der Waals surface area contributed by atoms with Crippen LogP contribution in [-0.2, 0) is 9.59 Å². The van der Waals surface area contributed by atoms with Gasteiger partial charge in [-0.05, 0) is 29.8 Å². The van der Waals surface area contributed by atoms with Crippen molar-refractivity contribution in [2.24, 2.45) is 5.92 Å². The quantitative estimate of drug-likeness (QED) is 0.703. The molecule has 1 aliphatic rings. The third-order valence-electron chi connectivity index (χ3n) is 5.04. The first-order valence-corrected chi connectivity index (χ1v) is 9.29. The number of para-hydroxylation sites is 1. The van der Waals surface area contributed by atoms with Crippen LogP contribution in [0.1, 0.15) is 37.3 Å². The molecule has 6 nitrogen and oxygen atoms in total. The number of halogens is 1. The molecule has 0 fully saturated rings. The summed E-state index contributed by atoms with van der Waals surface area (Å²) < 4.78 is 20.3. The summed E-state index contributed by atoms with van der Waals surface area (Å²) in [6.45, 7) is 3.39. The summed E-state index contributed by atoms with van der Waals surface area (Å²) >= 11 is 0. The molecule has 1 aromatic heterocycles. The van der Waals surface area contributed by atoms with E-state index in [1.807, 2.05) is 0 Å². The van der Waals surface area contributed by atoms with Crippen molar-refractivity contribution >= 4 is 34.2 Å². The molecule has 0 saturated carbocycles. The average Bonchev–Trinajstić information content (AvgIpc) is 2.69. The lowest BCUT2D eigenvalue weighted by atomic mass is 9.85. The number of benzene rings is 2. The van der Waals surface area contributed by atoms with Gasteiger partial charge in [-0.3, -0.25) is 14.4 Å². The molecule has 1 atom stereocenters. The number of carbonyl (C=O) groups excluding carboxylic acids is 2. The summed E-state index contributed by atoms with van der Waals surface area (Å²) in [6.07, 6.45) is 1.33. The van der Waals surface area contributed by atoms with Gasteiger partial charge in [-0.1, -0.05) is 26.0 Å².